The van der Waals surface area contributed by atoms with Gasteiger partial charge in [-0.2, -0.15) is 0 Å². The van der Waals surface area contributed by atoms with Crippen molar-refractivity contribution in [2.75, 3.05) is 10.6 Å². The van der Waals surface area contributed by atoms with Crippen LogP contribution in [0.25, 0.3) is 0 Å². The first-order valence-corrected chi connectivity index (χ1v) is 16.2. The van der Waals surface area contributed by atoms with Gasteiger partial charge in [-0.25, -0.2) is 9.13 Å². The highest BCUT2D eigenvalue weighted by atomic mass is 16.2. The van der Waals surface area contributed by atoms with Gasteiger partial charge in [0.05, 0.1) is 13.1 Å². The minimum Gasteiger partial charge on any atom is -0.326 e. The molecule has 40 heavy (non-hydrogen) atoms. The number of imidazole rings is 1. The quantitative estimate of drug-likeness (QED) is 0.161. The van der Waals surface area contributed by atoms with Crippen LogP contribution in [-0.4, -0.2) is 16.4 Å². The number of rotatable bonds is 20. The molecule has 2 N–H and O–H groups in total. The molecule has 2 aromatic rings. The van der Waals surface area contributed by atoms with Gasteiger partial charge in [-0.15, -0.1) is 0 Å². The first kappa shape index (κ1) is 33.6. The molecule has 0 fully saturated rings. The average molecular weight is 554 g/mol. The molecular weight excluding hydrogens is 496 g/mol. The molecule has 0 radical (unpaired) electrons. The van der Waals surface area contributed by atoms with Crippen molar-refractivity contribution in [2.24, 2.45) is 17.8 Å². The second-order valence-corrected chi connectivity index (χ2v) is 11.5. The predicted molar refractivity (Wildman–Crippen MR) is 168 cm³/mol. The molecule has 0 spiro atoms. The Balaban J connectivity index is 2.27. The van der Waals surface area contributed by atoms with Crippen LogP contribution in [0, 0.1) is 17.8 Å². The van der Waals surface area contributed by atoms with Crippen molar-refractivity contribution in [2.45, 2.75) is 132 Å². The molecule has 0 aliphatic rings. The third kappa shape index (κ3) is 10.7. The van der Waals surface area contributed by atoms with E-state index in [4.69, 9.17) is 0 Å². The lowest BCUT2D eigenvalue weighted by Crippen LogP contribution is -2.44. The third-order valence-electron chi connectivity index (χ3n) is 8.33. The van der Waals surface area contributed by atoms with E-state index in [0.717, 1.165) is 57.3 Å². The highest BCUT2D eigenvalue weighted by Gasteiger charge is 2.28. The van der Waals surface area contributed by atoms with Gasteiger partial charge in [0.2, 0.25) is 5.91 Å². The number of aromatic nitrogens is 2. The van der Waals surface area contributed by atoms with Gasteiger partial charge in [0.25, 0.3) is 0 Å². The zero-order valence-electron chi connectivity index (χ0n) is 26.3. The summed E-state index contributed by atoms with van der Waals surface area (Å²) in [6, 6.07) is 7.54. The van der Waals surface area contributed by atoms with Crippen molar-refractivity contribution in [1.82, 2.24) is 4.57 Å². The van der Waals surface area contributed by atoms with Crippen molar-refractivity contribution in [3.8, 4) is 0 Å². The average Bonchev–Trinajstić information content (AvgIpc) is 3.35. The van der Waals surface area contributed by atoms with Crippen LogP contribution >= 0.6 is 0 Å². The highest BCUT2D eigenvalue weighted by molar-refractivity contribution is 6.01. The number of nitrogens with zero attached hydrogens (tertiary/aromatic N) is 2. The van der Waals surface area contributed by atoms with Gasteiger partial charge in [-0.1, -0.05) is 86.1 Å². The van der Waals surface area contributed by atoms with Crippen molar-refractivity contribution < 1.29 is 14.2 Å². The number of carbonyl (C=O) groups is 2. The molecular formula is C34H57N4O2+. The Kier molecular flexibility index (Phi) is 15.7. The van der Waals surface area contributed by atoms with Gasteiger partial charge in [-0.05, 0) is 68.6 Å². The van der Waals surface area contributed by atoms with Gasteiger partial charge >= 0.3 is 11.7 Å². The summed E-state index contributed by atoms with van der Waals surface area (Å²) in [6.07, 6.45) is 17.4. The fraction of sp³-hybridized carbons (Fsp3) is 0.676. The smallest absolute Gasteiger partial charge is 0.326 e. The van der Waals surface area contributed by atoms with Gasteiger partial charge in [0.1, 0.15) is 12.4 Å². The molecule has 6 heteroatoms. The van der Waals surface area contributed by atoms with Crippen LogP contribution in [0.2, 0.25) is 0 Å². The molecule has 0 saturated heterocycles. The Labute approximate surface area is 244 Å². The third-order valence-corrected chi connectivity index (χ3v) is 8.33. The van der Waals surface area contributed by atoms with Gasteiger partial charge in [-0.3, -0.25) is 9.59 Å². The van der Waals surface area contributed by atoms with Crippen LogP contribution in [-0.2, 0) is 17.9 Å². The molecule has 6 nitrogen and oxygen atoms in total. The fourth-order valence-corrected chi connectivity index (χ4v) is 5.49. The Morgan fingerprint density at radius 1 is 0.800 bits per heavy atom. The van der Waals surface area contributed by atoms with Crippen LogP contribution in [0.15, 0.2) is 36.7 Å². The Morgan fingerprint density at radius 2 is 1.40 bits per heavy atom. The summed E-state index contributed by atoms with van der Waals surface area (Å²) in [6.45, 7) is 14.9. The normalized spacial score (nSPS) is 13.6. The van der Waals surface area contributed by atoms with E-state index in [2.05, 4.69) is 73.7 Å². The zero-order valence-corrected chi connectivity index (χ0v) is 26.3. The van der Waals surface area contributed by atoms with Gasteiger partial charge in [0, 0.05) is 17.3 Å². The van der Waals surface area contributed by atoms with Crippen LogP contribution in [0.5, 0.6) is 0 Å². The van der Waals surface area contributed by atoms with Crippen molar-refractivity contribution in [1.29, 1.82) is 0 Å². The van der Waals surface area contributed by atoms with E-state index in [1.54, 1.807) is 0 Å². The van der Waals surface area contributed by atoms with E-state index in [9.17, 15) is 9.59 Å². The maximum absolute atomic E-state index is 13.9. The lowest BCUT2D eigenvalue weighted by molar-refractivity contribution is -0.704. The second kappa shape index (κ2) is 18.7. The molecule has 224 valence electrons. The lowest BCUT2D eigenvalue weighted by atomic mass is 9.98. The topological polar surface area (TPSA) is 67.0 Å². The standard InChI is InChI=1S/C34H56N4O2/c1-7-13-17-27(10-4)25-37-22-23-38(26-28(11-5)18-14-8-2)34(37)33(40)36-31-21-16-20-30(24-31)35-32(39)29(12-6)19-15-9-3/h16,20-24,27-29H,7-15,17-19,25-26H2,1-6H3,(H-,35,36,39,40)/p+1. The monoisotopic (exact) mass is 553 g/mol. The maximum Gasteiger partial charge on any atom is 0.348 e. The molecule has 2 amide bonds. The van der Waals surface area contributed by atoms with Crippen molar-refractivity contribution in [3.63, 3.8) is 0 Å². The molecule has 0 saturated carbocycles. The predicted octanol–water partition coefficient (Wildman–Crippen LogP) is 8.62. The SMILES string of the molecule is CCCCC(CC)Cn1cc[n+](CC(CC)CCCC)c1C(=O)Nc1cccc(NC(=O)C(CC)CCCC)c1. The second-order valence-electron chi connectivity index (χ2n) is 11.5. The van der Waals surface area contributed by atoms with E-state index < -0.39 is 0 Å². The number of nitrogens with one attached hydrogen (secondary N) is 2. The van der Waals surface area contributed by atoms with Crippen molar-refractivity contribution in [3.05, 3.63) is 42.5 Å². The first-order valence-electron chi connectivity index (χ1n) is 16.2. The molecule has 3 atom stereocenters. The minimum atomic E-state index is -0.0986. The number of hydrogen-bond donors (Lipinski definition) is 2. The molecule has 1 aromatic carbocycles. The lowest BCUT2D eigenvalue weighted by Gasteiger charge is -2.16. The largest absolute Gasteiger partial charge is 0.348 e. The number of anilines is 2. The van der Waals surface area contributed by atoms with Crippen molar-refractivity contribution >= 4 is 23.2 Å². The van der Waals surface area contributed by atoms with E-state index in [0.29, 0.717) is 23.3 Å². The molecule has 0 aliphatic heterocycles. The summed E-state index contributed by atoms with van der Waals surface area (Å²) in [7, 11) is 0. The molecule has 0 bridgehead atoms. The Hall–Kier alpha value is -2.63. The van der Waals surface area contributed by atoms with Crippen LogP contribution in [0.4, 0.5) is 11.4 Å². The zero-order chi connectivity index (χ0) is 29.3. The molecule has 1 aromatic heterocycles. The molecule has 1 heterocycles. The number of benzene rings is 1. The van der Waals surface area contributed by atoms with Crippen LogP contribution in [0.3, 0.4) is 0 Å². The number of unbranched alkanes of at least 4 members (excludes halogenated alkanes) is 3. The number of carbonyl (C=O) groups excluding carboxylic acids is 2. The highest BCUT2D eigenvalue weighted by Crippen LogP contribution is 2.21. The summed E-state index contributed by atoms with van der Waals surface area (Å²) in [4.78, 5) is 26.7. The summed E-state index contributed by atoms with van der Waals surface area (Å²) >= 11 is 0. The number of amides is 2. The summed E-state index contributed by atoms with van der Waals surface area (Å²) in [5, 5.41) is 6.23. The summed E-state index contributed by atoms with van der Waals surface area (Å²) in [5.41, 5.74) is 1.41. The first-order chi connectivity index (χ1) is 19.4. The molecule has 0 aliphatic carbocycles. The Bertz CT molecular complexity index is 980. The summed E-state index contributed by atoms with van der Waals surface area (Å²) in [5.74, 6) is 1.78. The van der Waals surface area contributed by atoms with Crippen LogP contribution in [0.1, 0.15) is 129 Å². The summed E-state index contributed by atoms with van der Waals surface area (Å²) < 4.78 is 4.33. The van der Waals surface area contributed by atoms with E-state index >= 15 is 0 Å². The fourth-order valence-electron chi connectivity index (χ4n) is 5.49. The molecule has 3 unspecified atom stereocenters. The Morgan fingerprint density at radius 3 is 2.00 bits per heavy atom. The van der Waals surface area contributed by atoms with E-state index in [1.165, 1.54) is 38.5 Å². The van der Waals surface area contributed by atoms with E-state index in [-0.39, 0.29) is 17.7 Å². The molecule has 2 rings (SSSR count). The van der Waals surface area contributed by atoms with Crippen LogP contribution < -0.4 is 15.2 Å². The minimum absolute atomic E-state index is 0.0128. The van der Waals surface area contributed by atoms with E-state index in [1.807, 2.05) is 24.3 Å². The maximum atomic E-state index is 13.9. The number of hydrogen-bond acceptors (Lipinski definition) is 2. The van der Waals surface area contributed by atoms with Gasteiger partial charge < -0.3 is 10.6 Å². The van der Waals surface area contributed by atoms with Gasteiger partial charge in [0.15, 0.2) is 0 Å².